The minimum absolute atomic E-state index is 0.977. The monoisotopic (exact) mass is 163 g/mol. The molecular weight excluding hydrogens is 154 g/mol. The fraction of sp³-hybridized carbons (Fsp3) is 0.222. The summed E-state index contributed by atoms with van der Waals surface area (Å²) in [6.45, 7) is 0.977. The number of aliphatic imine (C=N–C) groups is 1. The van der Waals surface area contributed by atoms with Gasteiger partial charge in [-0.05, 0) is 6.07 Å². The number of nitrogens with zero attached hydrogens (tertiary/aromatic N) is 1. The summed E-state index contributed by atoms with van der Waals surface area (Å²) < 4.78 is 0. The Bertz CT molecular complexity index is 163. The first-order valence-electron chi connectivity index (χ1n) is 3.44. The third-order valence-electron chi connectivity index (χ3n) is 1.04. The van der Waals surface area contributed by atoms with Crippen LogP contribution in [0.25, 0.3) is 0 Å². The minimum atomic E-state index is 0.977. The van der Waals surface area contributed by atoms with Crippen molar-refractivity contribution in [3.05, 3.63) is 36.4 Å². The van der Waals surface area contributed by atoms with Gasteiger partial charge >= 0.3 is 0 Å². The van der Waals surface area contributed by atoms with Crippen LogP contribution in [0.3, 0.4) is 0 Å². The molecule has 2 heteroatoms. The van der Waals surface area contributed by atoms with Gasteiger partial charge in [-0.1, -0.05) is 30.3 Å². The normalized spacial score (nSPS) is 13.8. The van der Waals surface area contributed by atoms with Gasteiger partial charge in [-0.3, -0.25) is 4.99 Å². The third kappa shape index (κ3) is 4.62. The molecule has 1 aromatic carbocycles. The zero-order valence-corrected chi connectivity index (χ0v) is 6.97. The predicted molar refractivity (Wildman–Crippen MR) is 50.0 cm³/mol. The molecule has 1 aromatic rings. The van der Waals surface area contributed by atoms with Gasteiger partial charge in [0, 0.05) is 12.3 Å². The Kier molecular flexibility index (Phi) is 4.54. The van der Waals surface area contributed by atoms with E-state index in [1.165, 1.54) is 0 Å². The number of benzene rings is 1. The maximum Gasteiger partial charge on any atom is 0.122 e. The highest BCUT2D eigenvalue weighted by atomic mass is 32.2. The van der Waals surface area contributed by atoms with Crippen molar-refractivity contribution in [3.63, 3.8) is 0 Å². The van der Waals surface area contributed by atoms with Crippen LogP contribution in [-0.4, -0.2) is 17.8 Å². The van der Waals surface area contributed by atoms with Crippen LogP contribution in [0, 0.1) is 6.07 Å². The van der Waals surface area contributed by atoms with Gasteiger partial charge in [-0.2, -0.15) is 0 Å². The van der Waals surface area contributed by atoms with Gasteiger partial charge in [0.05, 0.1) is 0 Å². The summed E-state index contributed by atoms with van der Waals surface area (Å²) in [5.74, 6) is 1.14. The fourth-order valence-electron chi connectivity index (χ4n) is 0.570. The molecule has 2 radical (unpaired) electrons. The number of rotatable bonds is 0. The Labute approximate surface area is 71.5 Å². The van der Waals surface area contributed by atoms with E-state index in [2.05, 4.69) is 16.6 Å². The van der Waals surface area contributed by atoms with Gasteiger partial charge in [0.25, 0.3) is 0 Å². The van der Waals surface area contributed by atoms with Gasteiger partial charge in [0.2, 0.25) is 0 Å². The van der Waals surface area contributed by atoms with Crippen LogP contribution < -0.4 is 0 Å². The van der Waals surface area contributed by atoms with E-state index < -0.39 is 0 Å². The molecule has 0 saturated heterocycles. The Morgan fingerprint density at radius 2 is 2.00 bits per heavy atom. The standard InChI is InChI=1S/C6H5.C3H4NS/c1-2-4-6-5-3-1;1-2-5-3-4-1/h1-5H;1-2H2. The summed E-state index contributed by atoms with van der Waals surface area (Å²) in [4.78, 5) is 3.80. The van der Waals surface area contributed by atoms with Crippen molar-refractivity contribution in [2.24, 2.45) is 4.99 Å². The molecule has 0 N–H and O–H groups in total. The second kappa shape index (κ2) is 5.98. The lowest BCUT2D eigenvalue weighted by molar-refractivity contribution is 1.18. The Balaban J connectivity index is 0.000000112. The summed E-state index contributed by atoms with van der Waals surface area (Å²) in [7, 11) is 0. The van der Waals surface area contributed by atoms with Crippen molar-refractivity contribution in [1.29, 1.82) is 0 Å². The highest BCUT2D eigenvalue weighted by Crippen LogP contribution is 1.99. The first-order chi connectivity index (χ1) is 5.50. The molecule has 0 aliphatic carbocycles. The van der Waals surface area contributed by atoms with Crippen molar-refractivity contribution < 1.29 is 0 Å². The number of hydrogen-bond donors (Lipinski definition) is 0. The van der Waals surface area contributed by atoms with Gasteiger partial charge in [-0.15, -0.1) is 11.8 Å². The van der Waals surface area contributed by atoms with Crippen LogP contribution in [-0.2, 0) is 0 Å². The number of hydrogen-bond acceptors (Lipinski definition) is 2. The van der Waals surface area contributed by atoms with E-state index in [4.69, 9.17) is 0 Å². The molecule has 0 amide bonds. The van der Waals surface area contributed by atoms with Crippen molar-refractivity contribution in [2.75, 3.05) is 12.3 Å². The van der Waals surface area contributed by atoms with Crippen molar-refractivity contribution in [1.82, 2.24) is 0 Å². The maximum absolute atomic E-state index is 3.80. The summed E-state index contributed by atoms with van der Waals surface area (Å²) in [6.07, 6.45) is 0. The lowest BCUT2D eigenvalue weighted by Gasteiger charge is -1.68. The molecule has 0 fully saturated rings. The second-order valence-electron chi connectivity index (χ2n) is 1.90. The molecule has 1 aliphatic rings. The molecule has 1 nitrogen and oxygen atoms in total. The largest absolute Gasteiger partial charge is 0.275 e. The number of thioether (sulfide) groups is 1. The van der Waals surface area contributed by atoms with Gasteiger partial charge in [-0.25, -0.2) is 0 Å². The van der Waals surface area contributed by atoms with Crippen LogP contribution in [0.4, 0.5) is 0 Å². The van der Waals surface area contributed by atoms with E-state index in [1.54, 1.807) is 11.8 Å². The van der Waals surface area contributed by atoms with E-state index in [0.717, 1.165) is 12.3 Å². The van der Waals surface area contributed by atoms with E-state index in [1.807, 2.05) is 30.3 Å². The third-order valence-corrected chi connectivity index (χ3v) is 1.69. The first-order valence-corrected chi connectivity index (χ1v) is 4.43. The molecule has 0 atom stereocenters. The maximum atomic E-state index is 3.80. The van der Waals surface area contributed by atoms with Gasteiger partial charge in [0.15, 0.2) is 0 Å². The minimum Gasteiger partial charge on any atom is -0.275 e. The van der Waals surface area contributed by atoms with E-state index >= 15 is 0 Å². The summed E-state index contributed by atoms with van der Waals surface area (Å²) in [5, 5.41) is 0. The average molecular weight is 163 g/mol. The molecular formula is C9H9NS. The lowest BCUT2D eigenvalue weighted by Crippen LogP contribution is -1.69. The Hall–Kier alpha value is -0.760. The molecule has 0 spiro atoms. The highest BCUT2D eigenvalue weighted by Gasteiger charge is 1.87. The Morgan fingerprint density at radius 1 is 1.18 bits per heavy atom. The second-order valence-corrected chi connectivity index (χ2v) is 2.78. The van der Waals surface area contributed by atoms with Crippen molar-refractivity contribution in [3.8, 4) is 0 Å². The molecule has 0 saturated carbocycles. The smallest absolute Gasteiger partial charge is 0.122 e. The molecule has 1 heterocycles. The van der Waals surface area contributed by atoms with E-state index in [0.29, 0.717) is 0 Å². The predicted octanol–water partition coefficient (Wildman–Crippen LogP) is 2.13. The van der Waals surface area contributed by atoms with Crippen LogP contribution >= 0.6 is 11.8 Å². The van der Waals surface area contributed by atoms with Crippen LogP contribution in [0.5, 0.6) is 0 Å². The summed E-state index contributed by atoms with van der Waals surface area (Å²) in [5.41, 5.74) is 2.76. The average Bonchev–Trinajstić information content (AvgIpc) is 2.64. The summed E-state index contributed by atoms with van der Waals surface area (Å²) in [6, 6.07) is 12.5. The zero-order chi connectivity index (χ0) is 7.78. The zero-order valence-electron chi connectivity index (χ0n) is 6.16. The fourth-order valence-corrected chi connectivity index (χ4v) is 1.03. The van der Waals surface area contributed by atoms with Crippen molar-refractivity contribution in [2.45, 2.75) is 0 Å². The molecule has 11 heavy (non-hydrogen) atoms. The van der Waals surface area contributed by atoms with Crippen LogP contribution in [0.2, 0.25) is 0 Å². The molecule has 0 bridgehead atoms. The SMILES string of the molecule is [C]1=NCCS1.[c]1ccccc1. The van der Waals surface area contributed by atoms with E-state index in [9.17, 15) is 0 Å². The van der Waals surface area contributed by atoms with Gasteiger partial charge < -0.3 is 0 Å². The van der Waals surface area contributed by atoms with Crippen molar-refractivity contribution >= 4 is 17.3 Å². The first kappa shape index (κ1) is 8.34. The highest BCUT2D eigenvalue weighted by molar-refractivity contribution is 8.12. The molecule has 0 aromatic heterocycles. The quantitative estimate of drug-likeness (QED) is 0.570. The summed E-state index contributed by atoms with van der Waals surface area (Å²) >= 11 is 1.66. The topological polar surface area (TPSA) is 12.4 Å². The molecule has 2 rings (SSSR count). The molecule has 56 valence electrons. The van der Waals surface area contributed by atoms with E-state index in [-0.39, 0.29) is 0 Å². The lowest BCUT2D eigenvalue weighted by atomic mass is 10.4. The Morgan fingerprint density at radius 3 is 2.18 bits per heavy atom. The van der Waals surface area contributed by atoms with Crippen LogP contribution in [0.1, 0.15) is 0 Å². The molecule has 0 unspecified atom stereocenters. The molecule has 1 aliphatic heterocycles. The van der Waals surface area contributed by atoms with Crippen LogP contribution in [0.15, 0.2) is 35.3 Å². The van der Waals surface area contributed by atoms with Gasteiger partial charge in [0.1, 0.15) is 5.55 Å².